The quantitative estimate of drug-likeness (QED) is 0.499. The van der Waals surface area contributed by atoms with E-state index >= 15 is 0 Å². The highest BCUT2D eigenvalue weighted by Crippen LogP contribution is 2.29. The molecule has 2 aromatic carbocycles. The van der Waals surface area contributed by atoms with Crippen LogP contribution in [0.2, 0.25) is 0 Å². The van der Waals surface area contributed by atoms with Crippen molar-refractivity contribution < 1.29 is 4.79 Å². The van der Waals surface area contributed by atoms with Gasteiger partial charge in [0.25, 0.3) is 5.56 Å². The Balaban J connectivity index is 1.52. The fraction of sp³-hybridized carbons (Fsp3) is 0.190. The molecular weight excluding hydrogens is 356 g/mol. The van der Waals surface area contributed by atoms with Crippen LogP contribution in [0.25, 0.3) is 21.8 Å². The summed E-state index contributed by atoms with van der Waals surface area (Å²) >= 11 is 0. The monoisotopic (exact) mass is 376 g/mol. The molecular formula is C21H20N4O3. The number of rotatable bonds is 5. The molecule has 0 atom stereocenters. The smallest absolute Gasteiger partial charge is 0.328 e. The van der Waals surface area contributed by atoms with E-state index in [1.54, 1.807) is 0 Å². The fourth-order valence-electron chi connectivity index (χ4n) is 3.43. The topological polar surface area (TPSA) is 99.8 Å². The van der Waals surface area contributed by atoms with Gasteiger partial charge in [0.05, 0.1) is 0 Å². The number of aryl methyl sites for hydroxylation is 2. The molecule has 4 aromatic rings. The Labute approximate surface area is 160 Å². The number of anilines is 1. The Morgan fingerprint density at radius 2 is 1.93 bits per heavy atom. The summed E-state index contributed by atoms with van der Waals surface area (Å²) in [5, 5.41) is 5.15. The normalized spacial score (nSPS) is 11.2. The Bertz CT molecular complexity index is 1300. The highest BCUT2D eigenvalue weighted by atomic mass is 16.2. The van der Waals surface area contributed by atoms with Gasteiger partial charge in [-0.2, -0.15) is 0 Å². The second-order valence-corrected chi connectivity index (χ2v) is 6.68. The Hall–Kier alpha value is -3.61. The maximum Gasteiger partial charge on any atom is 0.328 e. The van der Waals surface area contributed by atoms with Crippen LogP contribution >= 0.6 is 0 Å². The number of fused-ring (bicyclic) bond motifs is 3. The molecule has 0 bridgehead atoms. The van der Waals surface area contributed by atoms with Crippen LogP contribution in [0.4, 0.5) is 5.69 Å². The van der Waals surface area contributed by atoms with Gasteiger partial charge in [0.2, 0.25) is 5.91 Å². The van der Waals surface area contributed by atoms with Crippen molar-refractivity contribution in [2.45, 2.75) is 26.3 Å². The van der Waals surface area contributed by atoms with Gasteiger partial charge in [-0.1, -0.05) is 31.2 Å². The van der Waals surface area contributed by atoms with Crippen molar-refractivity contribution in [1.29, 1.82) is 0 Å². The molecule has 0 saturated heterocycles. The van der Waals surface area contributed by atoms with Crippen LogP contribution < -0.4 is 16.6 Å². The van der Waals surface area contributed by atoms with Crippen molar-refractivity contribution in [3.8, 4) is 0 Å². The molecule has 0 radical (unpaired) electrons. The lowest BCUT2D eigenvalue weighted by atomic mass is 10.1. The lowest BCUT2D eigenvalue weighted by molar-refractivity contribution is -0.116. The molecule has 3 N–H and O–H groups in total. The number of benzene rings is 2. The molecule has 0 aliphatic rings. The molecule has 0 unspecified atom stereocenters. The number of hydrogen-bond donors (Lipinski definition) is 3. The first kappa shape index (κ1) is 17.8. The summed E-state index contributed by atoms with van der Waals surface area (Å²) in [5.41, 5.74) is 3.06. The van der Waals surface area contributed by atoms with Gasteiger partial charge in [-0.05, 0) is 24.1 Å². The van der Waals surface area contributed by atoms with E-state index < -0.39 is 11.2 Å². The molecule has 0 saturated carbocycles. The van der Waals surface area contributed by atoms with Crippen molar-refractivity contribution in [2.75, 3.05) is 5.32 Å². The number of nitrogens with one attached hydrogen (secondary N) is 3. The highest BCUT2D eigenvalue weighted by molar-refractivity contribution is 6.09. The van der Waals surface area contributed by atoms with Crippen molar-refractivity contribution in [1.82, 2.24) is 14.5 Å². The predicted molar refractivity (Wildman–Crippen MR) is 110 cm³/mol. The van der Waals surface area contributed by atoms with Crippen molar-refractivity contribution in [3.05, 3.63) is 75.1 Å². The first-order valence-corrected chi connectivity index (χ1v) is 9.18. The molecule has 7 nitrogen and oxygen atoms in total. The first-order chi connectivity index (χ1) is 13.5. The largest absolute Gasteiger partial charge is 0.354 e. The van der Waals surface area contributed by atoms with E-state index in [2.05, 4.69) is 40.4 Å². The zero-order chi connectivity index (χ0) is 19.7. The third-order valence-corrected chi connectivity index (χ3v) is 4.86. The Morgan fingerprint density at radius 1 is 1.07 bits per heavy atom. The molecule has 28 heavy (non-hydrogen) atoms. The summed E-state index contributed by atoms with van der Waals surface area (Å²) < 4.78 is 1.30. The number of nitrogens with zero attached hydrogens (tertiary/aromatic N) is 1. The van der Waals surface area contributed by atoms with Crippen LogP contribution in [0.5, 0.6) is 0 Å². The average Bonchev–Trinajstić information content (AvgIpc) is 3.05. The zero-order valence-corrected chi connectivity index (χ0v) is 15.4. The van der Waals surface area contributed by atoms with Gasteiger partial charge in [0.15, 0.2) is 0 Å². The van der Waals surface area contributed by atoms with E-state index in [4.69, 9.17) is 0 Å². The number of para-hydroxylation sites is 1. The zero-order valence-electron chi connectivity index (χ0n) is 15.4. The third-order valence-electron chi connectivity index (χ3n) is 4.86. The summed E-state index contributed by atoms with van der Waals surface area (Å²) in [4.78, 5) is 40.6. The van der Waals surface area contributed by atoms with Gasteiger partial charge in [-0.15, -0.1) is 0 Å². The molecule has 142 valence electrons. The number of carbonyl (C=O) groups excluding carboxylic acids is 1. The van der Waals surface area contributed by atoms with E-state index in [0.717, 1.165) is 22.8 Å². The SMILES string of the molecule is CCc1cccc2c1[nH]c1cc(NC(=O)CCn3ccc(=O)[nH]c3=O)ccc12. The number of aromatic nitrogens is 3. The van der Waals surface area contributed by atoms with Crippen LogP contribution in [0, 0.1) is 0 Å². The van der Waals surface area contributed by atoms with E-state index in [1.165, 1.54) is 27.8 Å². The lowest BCUT2D eigenvalue weighted by Crippen LogP contribution is -2.29. The van der Waals surface area contributed by atoms with E-state index in [9.17, 15) is 14.4 Å². The Morgan fingerprint density at radius 3 is 2.71 bits per heavy atom. The van der Waals surface area contributed by atoms with Crippen LogP contribution in [0.1, 0.15) is 18.9 Å². The summed E-state index contributed by atoms with van der Waals surface area (Å²) in [5.74, 6) is -0.206. The highest BCUT2D eigenvalue weighted by Gasteiger charge is 2.09. The minimum atomic E-state index is -0.522. The number of carbonyl (C=O) groups is 1. The van der Waals surface area contributed by atoms with Gasteiger partial charge < -0.3 is 14.9 Å². The average molecular weight is 376 g/mol. The van der Waals surface area contributed by atoms with Crippen LogP contribution in [-0.4, -0.2) is 20.4 Å². The molecule has 1 amide bonds. The molecule has 2 aromatic heterocycles. The molecule has 0 aliphatic carbocycles. The summed E-state index contributed by atoms with van der Waals surface area (Å²) in [6.45, 7) is 2.32. The molecule has 0 fully saturated rings. The van der Waals surface area contributed by atoms with Gasteiger partial charge >= 0.3 is 5.69 Å². The number of amides is 1. The molecule has 0 aliphatic heterocycles. The van der Waals surface area contributed by atoms with Crippen LogP contribution in [0.15, 0.2) is 58.3 Å². The van der Waals surface area contributed by atoms with Crippen LogP contribution in [0.3, 0.4) is 0 Å². The van der Waals surface area contributed by atoms with Crippen molar-refractivity contribution in [3.63, 3.8) is 0 Å². The van der Waals surface area contributed by atoms with E-state index in [-0.39, 0.29) is 18.9 Å². The number of hydrogen-bond acceptors (Lipinski definition) is 3. The third kappa shape index (κ3) is 3.34. The number of aromatic amines is 2. The summed E-state index contributed by atoms with van der Waals surface area (Å²) in [6, 6.07) is 13.3. The predicted octanol–water partition coefficient (Wildman–Crippen LogP) is 2.76. The molecule has 0 spiro atoms. The van der Waals surface area contributed by atoms with Crippen molar-refractivity contribution >= 4 is 33.4 Å². The maximum atomic E-state index is 12.3. The van der Waals surface area contributed by atoms with Gasteiger partial charge in [-0.3, -0.25) is 14.6 Å². The number of H-pyrrole nitrogens is 2. The standard InChI is InChI=1S/C21H20N4O3/c1-2-13-4-3-5-16-15-7-6-14(12-17(15)23-20(13)16)22-18(26)8-10-25-11-9-19(27)24-21(25)28/h3-7,9,11-12,23H,2,8,10H2,1H3,(H,22,26)(H,24,27,28). The summed E-state index contributed by atoms with van der Waals surface area (Å²) in [6.07, 6.45) is 2.45. The van der Waals surface area contributed by atoms with Gasteiger partial charge in [0.1, 0.15) is 0 Å². The fourth-order valence-corrected chi connectivity index (χ4v) is 3.43. The molecule has 7 heteroatoms. The van der Waals surface area contributed by atoms with Crippen molar-refractivity contribution in [2.24, 2.45) is 0 Å². The minimum Gasteiger partial charge on any atom is -0.354 e. The lowest BCUT2D eigenvalue weighted by Gasteiger charge is -2.07. The molecule has 4 rings (SSSR count). The Kier molecular flexibility index (Phi) is 4.57. The van der Waals surface area contributed by atoms with Gasteiger partial charge in [0, 0.05) is 52.7 Å². The maximum absolute atomic E-state index is 12.3. The minimum absolute atomic E-state index is 0.122. The van der Waals surface area contributed by atoms with E-state index in [1.807, 2.05) is 18.2 Å². The second-order valence-electron chi connectivity index (χ2n) is 6.68. The van der Waals surface area contributed by atoms with E-state index in [0.29, 0.717) is 5.69 Å². The summed E-state index contributed by atoms with van der Waals surface area (Å²) in [7, 11) is 0. The second kappa shape index (κ2) is 7.19. The van der Waals surface area contributed by atoms with Crippen LogP contribution in [-0.2, 0) is 17.8 Å². The van der Waals surface area contributed by atoms with Gasteiger partial charge in [-0.25, -0.2) is 4.79 Å². The molecule has 2 heterocycles. The first-order valence-electron chi connectivity index (χ1n) is 9.18.